The van der Waals surface area contributed by atoms with Gasteiger partial charge in [-0.3, -0.25) is 4.57 Å². The zero-order chi connectivity index (χ0) is 13.4. The Hall–Kier alpha value is -2.01. The molecule has 1 heterocycles. The van der Waals surface area contributed by atoms with Crippen molar-refractivity contribution in [2.45, 2.75) is 0 Å². The zero-order valence-corrected chi connectivity index (χ0v) is 11.8. The normalized spacial score (nSPS) is 10.8. The summed E-state index contributed by atoms with van der Waals surface area (Å²) in [5, 5.41) is 0. The number of aromatic amines is 1. The Balaban J connectivity index is 2.35. The number of nitrogens with zero attached hydrogens (tertiary/aromatic N) is 1. The molecule has 0 atom stereocenters. The number of nitrogens with one attached hydrogen (secondary N) is 1. The summed E-state index contributed by atoms with van der Waals surface area (Å²) >= 11 is 3.48. The van der Waals surface area contributed by atoms with Gasteiger partial charge in [0.25, 0.3) is 0 Å². The number of H-pyrrole nitrogens is 1. The highest BCUT2D eigenvalue weighted by atomic mass is 79.9. The van der Waals surface area contributed by atoms with E-state index in [1.807, 2.05) is 42.5 Å². The fourth-order valence-electron chi connectivity index (χ4n) is 2.11. The number of aromatic nitrogens is 2. The molecule has 0 amide bonds. The molecule has 5 heteroatoms. The number of imidazole rings is 1. The lowest BCUT2D eigenvalue weighted by atomic mass is 10.2. The lowest BCUT2D eigenvalue weighted by Crippen LogP contribution is -2.14. The van der Waals surface area contributed by atoms with Gasteiger partial charge in [0, 0.05) is 10.5 Å². The lowest BCUT2D eigenvalue weighted by molar-refractivity contribution is 0.414. The molecule has 3 aromatic rings. The van der Waals surface area contributed by atoms with Crippen LogP contribution in [0.4, 0.5) is 0 Å². The molecular weight excluding hydrogens is 308 g/mol. The highest BCUT2D eigenvalue weighted by molar-refractivity contribution is 9.10. The second-order valence-electron chi connectivity index (χ2n) is 4.10. The summed E-state index contributed by atoms with van der Waals surface area (Å²) in [6, 6.07) is 13.1. The van der Waals surface area contributed by atoms with E-state index in [1.54, 1.807) is 11.7 Å². The van der Waals surface area contributed by atoms with E-state index in [4.69, 9.17) is 4.74 Å². The fourth-order valence-corrected chi connectivity index (χ4v) is 2.66. The molecule has 19 heavy (non-hydrogen) atoms. The third kappa shape index (κ3) is 1.96. The van der Waals surface area contributed by atoms with Gasteiger partial charge in [0.1, 0.15) is 5.75 Å². The predicted octanol–water partition coefficient (Wildman–Crippen LogP) is 3.09. The van der Waals surface area contributed by atoms with Crippen LogP contribution in [-0.4, -0.2) is 16.7 Å². The van der Waals surface area contributed by atoms with Crippen LogP contribution in [0.25, 0.3) is 16.7 Å². The van der Waals surface area contributed by atoms with Gasteiger partial charge < -0.3 is 9.72 Å². The van der Waals surface area contributed by atoms with Crippen molar-refractivity contribution in [3.63, 3.8) is 0 Å². The van der Waals surface area contributed by atoms with Crippen LogP contribution in [0.5, 0.6) is 5.75 Å². The molecule has 96 valence electrons. The summed E-state index contributed by atoms with van der Waals surface area (Å²) in [5.41, 5.74) is 2.21. The van der Waals surface area contributed by atoms with Crippen molar-refractivity contribution < 1.29 is 4.74 Å². The minimum atomic E-state index is -0.171. The second-order valence-corrected chi connectivity index (χ2v) is 4.96. The number of halogens is 1. The average Bonchev–Trinajstić information content (AvgIpc) is 2.76. The number of ether oxygens (including phenoxy) is 1. The molecule has 0 fully saturated rings. The van der Waals surface area contributed by atoms with E-state index in [1.165, 1.54) is 0 Å². The summed E-state index contributed by atoms with van der Waals surface area (Å²) in [7, 11) is 1.60. The third-order valence-corrected chi connectivity index (χ3v) is 3.61. The number of methoxy groups -OCH3 is 1. The molecule has 2 aromatic carbocycles. The van der Waals surface area contributed by atoms with E-state index in [0.717, 1.165) is 21.2 Å². The topological polar surface area (TPSA) is 47.0 Å². The summed E-state index contributed by atoms with van der Waals surface area (Å²) in [5.74, 6) is 0.714. The summed E-state index contributed by atoms with van der Waals surface area (Å²) in [6.45, 7) is 0. The van der Waals surface area contributed by atoms with E-state index in [9.17, 15) is 4.79 Å². The Kier molecular flexibility index (Phi) is 2.91. The molecule has 0 aliphatic rings. The molecule has 0 saturated carbocycles. The molecule has 0 spiro atoms. The van der Waals surface area contributed by atoms with Crippen molar-refractivity contribution in [3.8, 4) is 11.4 Å². The predicted molar refractivity (Wildman–Crippen MR) is 78.1 cm³/mol. The molecule has 1 aromatic heterocycles. The van der Waals surface area contributed by atoms with Crippen LogP contribution < -0.4 is 10.4 Å². The molecule has 0 aliphatic carbocycles. The van der Waals surface area contributed by atoms with E-state index >= 15 is 0 Å². The SMILES string of the molecule is COc1cccc(-n2c(=O)[nH]c3cccc(Br)c32)c1. The molecule has 1 N–H and O–H groups in total. The first kappa shape index (κ1) is 12.0. The van der Waals surface area contributed by atoms with Crippen LogP contribution in [0.3, 0.4) is 0 Å². The number of para-hydroxylation sites is 1. The van der Waals surface area contributed by atoms with E-state index < -0.39 is 0 Å². The Morgan fingerprint density at radius 2 is 2.00 bits per heavy atom. The Morgan fingerprint density at radius 1 is 1.21 bits per heavy atom. The van der Waals surface area contributed by atoms with Gasteiger partial charge in [0.2, 0.25) is 0 Å². The maximum absolute atomic E-state index is 12.1. The summed E-state index contributed by atoms with van der Waals surface area (Å²) in [6.07, 6.45) is 0. The van der Waals surface area contributed by atoms with Crippen molar-refractivity contribution in [3.05, 3.63) is 57.4 Å². The second kappa shape index (κ2) is 4.59. The monoisotopic (exact) mass is 318 g/mol. The molecular formula is C14H11BrN2O2. The van der Waals surface area contributed by atoms with Crippen LogP contribution in [0, 0.1) is 0 Å². The molecule has 4 nitrogen and oxygen atoms in total. The Labute approximate surface area is 117 Å². The van der Waals surface area contributed by atoms with Gasteiger partial charge in [0.05, 0.1) is 23.8 Å². The standard InChI is InChI=1S/C14H11BrN2O2/c1-19-10-5-2-4-9(8-10)17-13-11(15)6-3-7-12(13)16-14(17)18/h2-8H,1H3,(H,16,18). The van der Waals surface area contributed by atoms with Crippen LogP contribution >= 0.6 is 15.9 Å². The van der Waals surface area contributed by atoms with Crippen LogP contribution in [0.1, 0.15) is 0 Å². The first-order chi connectivity index (χ1) is 9.20. The number of hydrogen-bond acceptors (Lipinski definition) is 2. The average molecular weight is 319 g/mol. The van der Waals surface area contributed by atoms with Crippen molar-refractivity contribution in [2.75, 3.05) is 7.11 Å². The molecule has 0 radical (unpaired) electrons. The van der Waals surface area contributed by atoms with Gasteiger partial charge in [0.15, 0.2) is 0 Å². The summed E-state index contributed by atoms with van der Waals surface area (Å²) < 4.78 is 7.69. The summed E-state index contributed by atoms with van der Waals surface area (Å²) in [4.78, 5) is 15.0. The molecule has 0 unspecified atom stereocenters. The molecule has 0 saturated heterocycles. The maximum atomic E-state index is 12.1. The van der Waals surface area contributed by atoms with Crippen molar-refractivity contribution >= 4 is 27.0 Å². The fraction of sp³-hybridized carbons (Fsp3) is 0.0714. The van der Waals surface area contributed by atoms with Gasteiger partial charge >= 0.3 is 5.69 Å². The molecule has 3 rings (SSSR count). The van der Waals surface area contributed by atoms with Gasteiger partial charge in [-0.15, -0.1) is 0 Å². The smallest absolute Gasteiger partial charge is 0.331 e. The van der Waals surface area contributed by atoms with Crippen molar-refractivity contribution in [1.82, 2.24) is 9.55 Å². The number of fused-ring (bicyclic) bond motifs is 1. The molecule has 0 aliphatic heterocycles. The first-order valence-electron chi connectivity index (χ1n) is 5.74. The minimum absolute atomic E-state index is 0.171. The van der Waals surface area contributed by atoms with Gasteiger partial charge in [-0.05, 0) is 40.2 Å². The first-order valence-corrected chi connectivity index (χ1v) is 6.53. The molecule has 0 bridgehead atoms. The number of benzene rings is 2. The van der Waals surface area contributed by atoms with Crippen molar-refractivity contribution in [2.24, 2.45) is 0 Å². The quantitative estimate of drug-likeness (QED) is 0.789. The highest BCUT2D eigenvalue weighted by Crippen LogP contribution is 2.25. The van der Waals surface area contributed by atoms with E-state index in [0.29, 0.717) is 5.75 Å². The van der Waals surface area contributed by atoms with E-state index in [-0.39, 0.29) is 5.69 Å². The number of rotatable bonds is 2. The minimum Gasteiger partial charge on any atom is -0.497 e. The zero-order valence-electron chi connectivity index (χ0n) is 10.2. The largest absolute Gasteiger partial charge is 0.497 e. The van der Waals surface area contributed by atoms with E-state index in [2.05, 4.69) is 20.9 Å². The third-order valence-electron chi connectivity index (χ3n) is 2.97. The van der Waals surface area contributed by atoms with Crippen LogP contribution in [0.15, 0.2) is 51.7 Å². The Bertz CT molecular complexity index is 805. The maximum Gasteiger partial charge on any atom is 0.331 e. The van der Waals surface area contributed by atoms with Crippen molar-refractivity contribution in [1.29, 1.82) is 0 Å². The van der Waals surface area contributed by atoms with Gasteiger partial charge in [-0.25, -0.2) is 4.79 Å². The van der Waals surface area contributed by atoms with Crippen LogP contribution in [-0.2, 0) is 0 Å². The lowest BCUT2D eigenvalue weighted by Gasteiger charge is -2.06. The van der Waals surface area contributed by atoms with Gasteiger partial charge in [-0.1, -0.05) is 12.1 Å². The number of hydrogen-bond donors (Lipinski definition) is 1. The van der Waals surface area contributed by atoms with Gasteiger partial charge in [-0.2, -0.15) is 0 Å². The van der Waals surface area contributed by atoms with Crippen LogP contribution in [0.2, 0.25) is 0 Å². The highest BCUT2D eigenvalue weighted by Gasteiger charge is 2.11. The Morgan fingerprint density at radius 3 is 2.79 bits per heavy atom.